The summed E-state index contributed by atoms with van der Waals surface area (Å²) >= 11 is 0. The van der Waals surface area contributed by atoms with Gasteiger partial charge in [-0.3, -0.25) is 0 Å². The van der Waals surface area contributed by atoms with Crippen LogP contribution >= 0.6 is 0 Å². The lowest BCUT2D eigenvalue weighted by Gasteiger charge is -2.23. The van der Waals surface area contributed by atoms with Crippen molar-refractivity contribution in [2.45, 2.75) is 38.0 Å². The fourth-order valence-electron chi connectivity index (χ4n) is 4.45. The fraction of sp³-hybridized carbons (Fsp3) is 0.292. The van der Waals surface area contributed by atoms with Crippen molar-refractivity contribution in [3.8, 4) is 11.3 Å². The van der Waals surface area contributed by atoms with Gasteiger partial charge in [-0.15, -0.1) is 0 Å². The Labute approximate surface area is 160 Å². The molecule has 27 heavy (non-hydrogen) atoms. The van der Waals surface area contributed by atoms with Crippen LogP contribution in [0, 0.1) is 0 Å². The number of benzene rings is 2. The van der Waals surface area contributed by atoms with Crippen molar-refractivity contribution < 1.29 is 9.53 Å². The summed E-state index contributed by atoms with van der Waals surface area (Å²) in [5.41, 5.74) is 6.09. The van der Waals surface area contributed by atoms with E-state index < -0.39 is 0 Å². The number of rotatable bonds is 4. The number of ether oxygens (including phenoxy) is 1. The average molecular weight is 359 g/mol. The van der Waals surface area contributed by atoms with Gasteiger partial charge in [0.1, 0.15) is 0 Å². The number of carbonyl (C=O) groups excluding carboxylic acids is 1. The average Bonchev–Trinajstić information content (AvgIpc) is 3.13. The van der Waals surface area contributed by atoms with Crippen molar-refractivity contribution in [2.24, 2.45) is 0 Å². The van der Waals surface area contributed by atoms with Crippen LogP contribution in [0.3, 0.4) is 0 Å². The van der Waals surface area contributed by atoms with Crippen LogP contribution in [0.25, 0.3) is 28.2 Å². The van der Waals surface area contributed by atoms with Gasteiger partial charge in [-0.2, -0.15) is 0 Å². The van der Waals surface area contributed by atoms with Crippen LogP contribution in [-0.2, 0) is 4.74 Å². The third-order valence-corrected chi connectivity index (χ3v) is 5.74. The Kier molecular flexibility index (Phi) is 4.85. The van der Waals surface area contributed by atoms with Crippen LogP contribution < -0.4 is 0 Å². The zero-order valence-electron chi connectivity index (χ0n) is 15.8. The van der Waals surface area contributed by atoms with Gasteiger partial charge in [-0.1, -0.05) is 68.3 Å². The minimum absolute atomic E-state index is 0.332. The summed E-state index contributed by atoms with van der Waals surface area (Å²) in [5.74, 6) is 0.214. The topological polar surface area (TPSA) is 42.1 Å². The van der Waals surface area contributed by atoms with Crippen molar-refractivity contribution in [3.63, 3.8) is 0 Å². The van der Waals surface area contributed by atoms with Gasteiger partial charge < -0.3 is 9.72 Å². The van der Waals surface area contributed by atoms with Crippen LogP contribution in [0.4, 0.5) is 0 Å². The Hall–Kier alpha value is -2.81. The molecule has 4 rings (SSSR count). The number of carbonyl (C=O) groups is 1. The molecule has 138 valence electrons. The Bertz CT molecular complexity index is 979. The number of fused-ring (bicyclic) bond motifs is 1. The van der Waals surface area contributed by atoms with Crippen LogP contribution in [0.15, 0.2) is 49.0 Å². The summed E-state index contributed by atoms with van der Waals surface area (Å²) < 4.78 is 4.97. The van der Waals surface area contributed by atoms with Gasteiger partial charge in [0.25, 0.3) is 0 Å². The number of aromatic amines is 1. The molecule has 0 saturated heterocycles. The molecule has 3 heteroatoms. The van der Waals surface area contributed by atoms with E-state index in [0.717, 1.165) is 11.1 Å². The van der Waals surface area contributed by atoms with E-state index in [0.29, 0.717) is 11.5 Å². The van der Waals surface area contributed by atoms with Crippen molar-refractivity contribution >= 4 is 22.9 Å². The lowest BCUT2D eigenvalue weighted by Crippen LogP contribution is -2.06. The Morgan fingerprint density at radius 3 is 2.52 bits per heavy atom. The quantitative estimate of drug-likeness (QED) is 0.554. The third-order valence-electron chi connectivity index (χ3n) is 5.74. The van der Waals surface area contributed by atoms with Gasteiger partial charge >= 0.3 is 5.97 Å². The SMILES string of the molecule is C=Cc1c(C(=O)OC)ccc2c(C3CCCCC3)c(-c3ccccc3)[nH]c12. The van der Waals surface area contributed by atoms with Crippen molar-refractivity contribution in [1.29, 1.82) is 0 Å². The Morgan fingerprint density at radius 1 is 1.11 bits per heavy atom. The largest absolute Gasteiger partial charge is 0.465 e. The molecule has 1 N–H and O–H groups in total. The molecular formula is C24H25NO2. The molecule has 0 atom stereocenters. The predicted molar refractivity (Wildman–Crippen MR) is 111 cm³/mol. The smallest absolute Gasteiger partial charge is 0.338 e. The predicted octanol–water partition coefficient (Wildman–Crippen LogP) is 6.31. The van der Waals surface area contributed by atoms with Crippen molar-refractivity contribution in [2.75, 3.05) is 7.11 Å². The first kappa shape index (κ1) is 17.6. The van der Waals surface area contributed by atoms with Gasteiger partial charge in [0, 0.05) is 16.6 Å². The normalized spacial score (nSPS) is 15.0. The van der Waals surface area contributed by atoms with Gasteiger partial charge in [0.15, 0.2) is 0 Å². The first-order chi connectivity index (χ1) is 13.2. The fourth-order valence-corrected chi connectivity index (χ4v) is 4.45. The number of aromatic nitrogens is 1. The molecule has 0 unspecified atom stereocenters. The second kappa shape index (κ2) is 7.43. The molecule has 1 fully saturated rings. The number of methoxy groups -OCH3 is 1. The second-order valence-corrected chi connectivity index (χ2v) is 7.26. The molecule has 0 amide bonds. The molecule has 1 heterocycles. The molecule has 1 aliphatic carbocycles. The highest BCUT2D eigenvalue weighted by Gasteiger charge is 2.25. The van der Waals surface area contributed by atoms with E-state index in [-0.39, 0.29) is 5.97 Å². The van der Waals surface area contributed by atoms with Gasteiger partial charge in [-0.05, 0) is 36.0 Å². The van der Waals surface area contributed by atoms with Crippen LogP contribution in [-0.4, -0.2) is 18.1 Å². The summed E-state index contributed by atoms with van der Waals surface area (Å²) in [6, 6.07) is 14.4. The van der Waals surface area contributed by atoms with E-state index in [2.05, 4.69) is 41.9 Å². The Balaban J connectivity index is 2.00. The first-order valence-electron chi connectivity index (χ1n) is 9.69. The molecule has 3 nitrogen and oxygen atoms in total. The van der Waals surface area contributed by atoms with Gasteiger partial charge in [-0.25, -0.2) is 4.79 Å². The summed E-state index contributed by atoms with van der Waals surface area (Å²) in [6.45, 7) is 3.95. The summed E-state index contributed by atoms with van der Waals surface area (Å²) in [7, 11) is 1.41. The number of esters is 1. The standard InChI is InChI=1S/C24H25NO2/c1-3-18-19(24(26)27-2)14-15-20-21(16-10-6-4-7-11-16)22(25-23(18)20)17-12-8-5-9-13-17/h3,5,8-9,12-16,25H,1,4,6-7,10-11H2,2H3. The molecule has 2 aromatic carbocycles. The van der Waals surface area contributed by atoms with E-state index >= 15 is 0 Å². The maximum absolute atomic E-state index is 12.2. The van der Waals surface area contributed by atoms with E-state index in [9.17, 15) is 4.79 Å². The highest BCUT2D eigenvalue weighted by molar-refractivity contribution is 6.04. The molecule has 0 spiro atoms. The molecule has 0 radical (unpaired) electrons. The molecule has 1 saturated carbocycles. The third kappa shape index (κ3) is 3.08. The van der Waals surface area contributed by atoms with Crippen LogP contribution in [0.5, 0.6) is 0 Å². The molecule has 1 aromatic heterocycles. The minimum Gasteiger partial charge on any atom is -0.465 e. The maximum atomic E-state index is 12.2. The van der Waals surface area contributed by atoms with Crippen LogP contribution in [0.2, 0.25) is 0 Å². The number of nitrogens with one attached hydrogen (secondary N) is 1. The van der Waals surface area contributed by atoms with E-state index in [1.807, 2.05) is 12.1 Å². The molecule has 0 bridgehead atoms. The monoisotopic (exact) mass is 359 g/mol. The molecule has 0 aliphatic heterocycles. The lowest BCUT2D eigenvalue weighted by molar-refractivity contribution is 0.0600. The number of hydrogen-bond donors (Lipinski definition) is 1. The highest BCUT2D eigenvalue weighted by atomic mass is 16.5. The number of hydrogen-bond acceptors (Lipinski definition) is 2. The zero-order chi connectivity index (χ0) is 18.8. The van der Waals surface area contributed by atoms with Crippen molar-refractivity contribution in [1.82, 2.24) is 4.98 Å². The van der Waals surface area contributed by atoms with Crippen LogP contribution in [0.1, 0.15) is 59.5 Å². The van der Waals surface area contributed by atoms with Crippen molar-refractivity contribution in [3.05, 3.63) is 65.7 Å². The summed E-state index contributed by atoms with van der Waals surface area (Å²) in [6.07, 6.45) is 8.07. The van der Waals surface area contributed by atoms with E-state index in [4.69, 9.17) is 4.74 Å². The van der Waals surface area contributed by atoms with E-state index in [1.165, 1.54) is 61.4 Å². The first-order valence-corrected chi connectivity index (χ1v) is 9.69. The maximum Gasteiger partial charge on any atom is 0.338 e. The summed E-state index contributed by atoms with van der Waals surface area (Å²) in [5, 5.41) is 1.20. The van der Waals surface area contributed by atoms with E-state index in [1.54, 1.807) is 6.08 Å². The highest BCUT2D eigenvalue weighted by Crippen LogP contribution is 2.43. The molecule has 1 aliphatic rings. The zero-order valence-corrected chi connectivity index (χ0v) is 15.8. The molecule has 3 aromatic rings. The number of H-pyrrole nitrogens is 1. The second-order valence-electron chi connectivity index (χ2n) is 7.26. The van der Waals surface area contributed by atoms with Gasteiger partial charge in [0.05, 0.1) is 18.2 Å². The van der Waals surface area contributed by atoms with Gasteiger partial charge in [0.2, 0.25) is 0 Å². The summed E-state index contributed by atoms with van der Waals surface area (Å²) in [4.78, 5) is 15.9. The molecular weight excluding hydrogens is 334 g/mol. The Morgan fingerprint density at radius 2 is 1.85 bits per heavy atom. The minimum atomic E-state index is -0.332. The lowest BCUT2D eigenvalue weighted by atomic mass is 9.81.